The number of carbonyl (C=O) groups excluding carboxylic acids is 1. The number of carbonyl (C=O) groups is 1. The van der Waals surface area contributed by atoms with Crippen molar-refractivity contribution in [3.8, 4) is 6.07 Å². The first-order chi connectivity index (χ1) is 9.50. The summed E-state index contributed by atoms with van der Waals surface area (Å²) in [5, 5.41) is 24.1. The predicted molar refractivity (Wildman–Crippen MR) is 78.6 cm³/mol. The number of nitriles is 1. The first kappa shape index (κ1) is 15.0. The molecule has 2 heterocycles. The van der Waals surface area contributed by atoms with Crippen molar-refractivity contribution in [2.24, 2.45) is 0 Å². The number of amides is 1. The van der Waals surface area contributed by atoms with Crippen molar-refractivity contribution in [3.63, 3.8) is 0 Å². The maximum atomic E-state index is 12.0. The van der Waals surface area contributed by atoms with Gasteiger partial charge in [-0.1, -0.05) is 0 Å². The van der Waals surface area contributed by atoms with Crippen LogP contribution >= 0.6 is 11.3 Å². The van der Waals surface area contributed by atoms with Crippen LogP contribution in [0.4, 0.5) is 5.00 Å². The summed E-state index contributed by atoms with van der Waals surface area (Å²) >= 11 is 1.36. The minimum absolute atomic E-state index is 0.106. The van der Waals surface area contributed by atoms with E-state index in [-0.39, 0.29) is 5.91 Å². The lowest BCUT2D eigenvalue weighted by Gasteiger charge is -2.21. The van der Waals surface area contributed by atoms with Gasteiger partial charge in [0, 0.05) is 6.54 Å². The van der Waals surface area contributed by atoms with Crippen LogP contribution in [-0.4, -0.2) is 41.1 Å². The molecular weight excluding hydrogens is 274 g/mol. The molecule has 1 aromatic heterocycles. The monoisotopic (exact) mass is 293 g/mol. The Morgan fingerprint density at radius 3 is 3.15 bits per heavy atom. The standard InChI is InChI=1S/C14H19N3O2S/c1-14(19)4-2-6-17(7-5-14)10-12(18)16-13-11(9-15)3-8-20-13/h3,8,19H,2,4-7,10H2,1H3,(H,16,18). The van der Waals surface area contributed by atoms with E-state index in [2.05, 4.69) is 16.3 Å². The Morgan fingerprint density at radius 2 is 2.40 bits per heavy atom. The summed E-state index contributed by atoms with van der Waals surface area (Å²) < 4.78 is 0. The van der Waals surface area contributed by atoms with Gasteiger partial charge in [0.25, 0.3) is 0 Å². The van der Waals surface area contributed by atoms with E-state index in [1.54, 1.807) is 11.4 Å². The molecular formula is C14H19N3O2S. The molecule has 0 spiro atoms. The minimum atomic E-state index is -0.618. The van der Waals surface area contributed by atoms with E-state index >= 15 is 0 Å². The van der Waals surface area contributed by atoms with Gasteiger partial charge in [0.15, 0.2) is 0 Å². The normalized spacial score (nSPS) is 23.9. The topological polar surface area (TPSA) is 76.4 Å². The van der Waals surface area contributed by atoms with Crippen molar-refractivity contribution < 1.29 is 9.90 Å². The smallest absolute Gasteiger partial charge is 0.239 e. The zero-order valence-electron chi connectivity index (χ0n) is 11.6. The van der Waals surface area contributed by atoms with E-state index in [9.17, 15) is 9.90 Å². The average molecular weight is 293 g/mol. The fourth-order valence-electron chi connectivity index (χ4n) is 2.34. The molecule has 1 amide bonds. The number of nitrogens with zero attached hydrogens (tertiary/aromatic N) is 2. The van der Waals surface area contributed by atoms with E-state index in [1.807, 2.05) is 6.92 Å². The Kier molecular flexibility index (Phi) is 4.76. The quantitative estimate of drug-likeness (QED) is 0.891. The summed E-state index contributed by atoms with van der Waals surface area (Å²) in [5.41, 5.74) is -0.116. The van der Waals surface area contributed by atoms with Gasteiger partial charge in [-0.05, 0) is 44.2 Å². The molecule has 1 unspecified atom stereocenters. The molecule has 2 N–H and O–H groups in total. The van der Waals surface area contributed by atoms with Crippen LogP contribution in [0.2, 0.25) is 0 Å². The molecule has 5 nitrogen and oxygen atoms in total. The second kappa shape index (κ2) is 6.35. The molecule has 2 rings (SSSR count). The minimum Gasteiger partial charge on any atom is -0.390 e. The molecule has 20 heavy (non-hydrogen) atoms. The van der Waals surface area contributed by atoms with Gasteiger partial charge in [-0.2, -0.15) is 5.26 Å². The maximum absolute atomic E-state index is 12.0. The van der Waals surface area contributed by atoms with Gasteiger partial charge in [0.2, 0.25) is 5.91 Å². The molecule has 6 heteroatoms. The summed E-state index contributed by atoms with van der Waals surface area (Å²) in [6, 6.07) is 3.75. The number of rotatable bonds is 3. The molecule has 1 atom stereocenters. The number of aliphatic hydroxyl groups is 1. The van der Waals surface area contributed by atoms with Crippen LogP contribution in [0.25, 0.3) is 0 Å². The number of likely N-dealkylation sites (tertiary alicyclic amines) is 1. The van der Waals surface area contributed by atoms with Gasteiger partial charge < -0.3 is 10.4 Å². The zero-order valence-corrected chi connectivity index (χ0v) is 12.4. The number of nitrogens with one attached hydrogen (secondary N) is 1. The Labute approximate surface area is 122 Å². The Hall–Kier alpha value is -1.42. The summed E-state index contributed by atoms with van der Waals surface area (Å²) in [6.07, 6.45) is 2.35. The molecule has 0 bridgehead atoms. The van der Waals surface area contributed by atoms with Gasteiger partial charge in [-0.3, -0.25) is 9.69 Å². The van der Waals surface area contributed by atoms with Crippen molar-refractivity contribution in [2.45, 2.75) is 31.8 Å². The zero-order chi connectivity index (χ0) is 14.6. The fourth-order valence-corrected chi connectivity index (χ4v) is 3.09. The van der Waals surface area contributed by atoms with Crippen molar-refractivity contribution in [1.82, 2.24) is 4.90 Å². The molecule has 1 fully saturated rings. The van der Waals surface area contributed by atoms with Gasteiger partial charge in [-0.15, -0.1) is 11.3 Å². The van der Waals surface area contributed by atoms with Gasteiger partial charge in [0.05, 0.1) is 17.7 Å². The van der Waals surface area contributed by atoms with Crippen LogP contribution in [0.5, 0.6) is 0 Å². The van der Waals surface area contributed by atoms with Crippen molar-refractivity contribution in [2.75, 3.05) is 25.0 Å². The SMILES string of the molecule is CC1(O)CCCN(CC(=O)Nc2sccc2C#N)CC1. The summed E-state index contributed by atoms with van der Waals surface area (Å²) in [5.74, 6) is -0.106. The second-order valence-electron chi connectivity index (χ2n) is 5.45. The first-order valence-corrected chi connectivity index (χ1v) is 7.60. The van der Waals surface area contributed by atoms with Crippen LogP contribution in [0.1, 0.15) is 31.7 Å². The lowest BCUT2D eigenvalue weighted by Crippen LogP contribution is -2.35. The van der Waals surface area contributed by atoms with Crippen LogP contribution in [0.3, 0.4) is 0 Å². The average Bonchev–Trinajstić information content (AvgIpc) is 2.75. The molecule has 1 aromatic rings. The molecule has 0 saturated carbocycles. The molecule has 0 aromatic carbocycles. The molecule has 108 valence electrons. The summed E-state index contributed by atoms with van der Waals surface area (Å²) in [6.45, 7) is 3.69. The summed E-state index contributed by atoms with van der Waals surface area (Å²) in [4.78, 5) is 14.1. The van der Waals surface area contributed by atoms with Gasteiger partial charge in [-0.25, -0.2) is 0 Å². The third kappa shape index (κ3) is 4.04. The molecule has 1 aliphatic heterocycles. The van der Waals surface area contributed by atoms with E-state index < -0.39 is 5.60 Å². The van der Waals surface area contributed by atoms with Crippen molar-refractivity contribution in [1.29, 1.82) is 5.26 Å². The van der Waals surface area contributed by atoms with E-state index in [0.29, 0.717) is 23.5 Å². The summed E-state index contributed by atoms with van der Waals surface area (Å²) in [7, 11) is 0. The van der Waals surface area contributed by atoms with Gasteiger partial charge in [0.1, 0.15) is 11.1 Å². The van der Waals surface area contributed by atoms with Crippen LogP contribution in [-0.2, 0) is 4.79 Å². The van der Waals surface area contributed by atoms with Crippen molar-refractivity contribution >= 4 is 22.2 Å². The number of hydrogen-bond acceptors (Lipinski definition) is 5. The predicted octanol–water partition coefficient (Wildman–Crippen LogP) is 1.80. The van der Waals surface area contributed by atoms with Crippen LogP contribution in [0.15, 0.2) is 11.4 Å². The largest absolute Gasteiger partial charge is 0.390 e. The highest BCUT2D eigenvalue weighted by atomic mass is 32.1. The molecule has 0 radical (unpaired) electrons. The lowest BCUT2D eigenvalue weighted by atomic mass is 9.98. The lowest BCUT2D eigenvalue weighted by molar-refractivity contribution is -0.117. The van der Waals surface area contributed by atoms with Crippen LogP contribution in [0, 0.1) is 11.3 Å². The number of anilines is 1. The highest BCUT2D eigenvalue weighted by molar-refractivity contribution is 7.14. The molecule has 1 saturated heterocycles. The number of hydrogen-bond donors (Lipinski definition) is 2. The Bertz CT molecular complexity index is 519. The van der Waals surface area contributed by atoms with E-state index in [4.69, 9.17) is 5.26 Å². The first-order valence-electron chi connectivity index (χ1n) is 6.72. The second-order valence-corrected chi connectivity index (χ2v) is 6.37. The van der Waals surface area contributed by atoms with Crippen LogP contribution < -0.4 is 5.32 Å². The Balaban J connectivity index is 1.87. The molecule has 1 aliphatic rings. The van der Waals surface area contributed by atoms with E-state index in [0.717, 1.165) is 25.9 Å². The third-order valence-electron chi connectivity index (χ3n) is 3.56. The van der Waals surface area contributed by atoms with Gasteiger partial charge >= 0.3 is 0 Å². The third-order valence-corrected chi connectivity index (χ3v) is 4.39. The maximum Gasteiger partial charge on any atom is 0.239 e. The number of thiophene rings is 1. The molecule has 0 aliphatic carbocycles. The fraction of sp³-hybridized carbons (Fsp3) is 0.571. The van der Waals surface area contributed by atoms with E-state index in [1.165, 1.54) is 11.3 Å². The highest BCUT2D eigenvalue weighted by Crippen LogP contribution is 2.23. The Morgan fingerprint density at radius 1 is 1.60 bits per heavy atom. The van der Waals surface area contributed by atoms with Crippen molar-refractivity contribution in [3.05, 3.63) is 17.0 Å². The highest BCUT2D eigenvalue weighted by Gasteiger charge is 2.25.